The van der Waals surface area contributed by atoms with Gasteiger partial charge >= 0.3 is 0 Å². The molecule has 0 radical (unpaired) electrons. The first-order valence-corrected chi connectivity index (χ1v) is 10.7. The molecule has 1 aliphatic heterocycles. The van der Waals surface area contributed by atoms with Gasteiger partial charge < -0.3 is 9.64 Å². The van der Waals surface area contributed by atoms with Gasteiger partial charge in [-0.3, -0.25) is 9.59 Å². The Kier molecular flexibility index (Phi) is 7.46. The van der Waals surface area contributed by atoms with Gasteiger partial charge in [0.25, 0.3) is 5.91 Å². The first kappa shape index (κ1) is 23.0. The standard InChI is InChI=1S/C24H28ClN3O3/c1-16-9-10-19(13-17(16)2)22-14-23(20-7-5-6-8-21(20)25)28(26-22)24(30)15-27(18(3)29)11-12-31-4/h5-10,13,23H,11-12,14-15H2,1-4H3. The van der Waals surface area contributed by atoms with Crippen LogP contribution >= 0.6 is 11.6 Å². The van der Waals surface area contributed by atoms with Gasteiger partial charge in [-0.1, -0.05) is 41.9 Å². The number of carbonyl (C=O) groups excluding carboxylic acids is 2. The Morgan fingerprint density at radius 3 is 2.58 bits per heavy atom. The second kappa shape index (κ2) is 10.1. The molecule has 3 rings (SSSR count). The van der Waals surface area contributed by atoms with E-state index in [1.807, 2.05) is 30.3 Å². The van der Waals surface area contributed by atoms with Crippen LogP contribution in [-0.2, 0) is 14.3 Å². The zero-order valence-corrected chi connectivity index (χ0v) is 19.1. The van der Waals surface area contributed by atoms with E-state index in [-0.39, 0.29) is 24.4 Å². The molecule has 1 atom stereocenters. The summed E-state index contributed by atoms with van der Waals surface area (Å²) in [5, 5.41) is 6.76. The molecule has 0 aromatic heterocycles. The Bertz CT molecular complexity index is 1010. The van der Waals surface area contributed by atoms with Crippen LogP contribution in [0.1, 0.15) is 41.6 Å². The number of nitrogens with zero attached hydrogens (tertiary/aromatic N) is 3. The van der Waals surface area contributed by atoms with E-state index in [1.54, 1.807) is 7.11 Å². The van der Waals surface area contributed by atoms with Crippen molar-refractivity contribution < 1.29 is 14.3 Å². The van der Waals surface area contributed by atoms with Crippen LogP contribution < -0.4 is 0 Å². The van der Waals surface area contributed by atoms with Crippen LogP contribution in [-0.4, -0.2) is 54.2 Å². The topological polar surface area (TPSA) is 62.2 Å². The quantitative estimate of drug-likeness (QED) is 0.649. The smallest absolute Gasteiger partial charge is 0.262 e. The zero-order valence-electron chi connectivity index (χ0n) is 18.4. The van der Waals surface area contributed by atoms with Crippen molar-refractivity contribution in [1.82, 2.24) is 9.91 Å². The summed E-state index contributed by atoms with van der Waals surface area (Å²) < 4.78 is 5.07. The van der Waals surface area contributed by atoms with E-state index in [2.05, 4.69) is 26.0 Å². The molecule has 31 heavy (non-hydrogen) atoms. The number of carbonyl (C=O) groups is 2. The fourth-order valence-corrected chi connectivity index (χ4v) is 3.87. The van der Waals surface area contributed by atoms with Gasteiger partial charge in [0.15, 0.2) is 0 Å². The van der Waals surface area contributed by atoms with Gasteiger partial charge in [0, 0.05) is 32.0 Å². The molecule has 0 saturated heterocycles. The van der Waals surface area contributed by atoms with E-state index < -0.39 is 0 Å². The van der Waals surface area contributed by atoms with Crippen LogP contribution in [0.25, 0.3) is 0 Å². The fourth-order valence-electron chi connectivity index (χ4n) is 3.61. The summed E-state index contributed by atoms with van der Waals surface area (Å²) >= 11 is 6.47. The van der Waals surface area contributed by atoms with Crippen molar-refractivity contribution in [2.75, 3.05) is 26.8 Å². The summed E-state index contributed by atoms with van der Waals surface area (Å²) in [5.74, 6) is -0.438. The largest absolute Gasteiger partial charge is 0.383 e. The van der Waals surface area contributed by atoms with Crippen molar-refractivity contribution in [1.29, 1.82) is 0 Å². The number of benzene rings is 2. The van der Waals surface area contributed by atoms with E-state index in [1.165, 1.54) is 28.0 Å². The number of rotatable bonds is 7. The minimum atomic E-state index is -0.325. The SMILES string of the molecule is COCCN(CC(=O)N1N=C(c2ccc(C)c(C)c2)CC1c1ccccc1Cl)C(C)=O. The van der Waals surface area contributed by atoms with Crippen molar-refractivity contribution in [3.8, 4) is 0 Å². The van der Waals surface area contributed by atoms with E-state index in [0.29, 0.717) is 24.6 Å². The molecule has 0 bridgehead atoms. The van der Waals surface area contributed by atoms with Gasteiger partial charge in [-0.15, -0.1) is 0 Å². The third kappa shape index (κ3) is 5.32. The van der Waals surface area contributed by atoms with Crippen LogP contribution in [0, 0.1) is 13.8 Å². The first-order valence-electron chi connectivity index (χ1n) is 10.3. The molecule has 0 aliphatic carbocycles. The van der Waals surface area contributed by atoms with Gasteiger partial charge in [-0.2, -0.15) is 5.10 Å². The molecule has 7 heteroatoms. The highest BCUT2D eigenvalue weighted by molar-refractivity contribution is 6.31. The lowest BCUT2D eigenvalue weighted by Gasteiger charge is -2.26. The molecule has 2 aromatic carbocycles. The predicted octanol–water partition coefficient (Wildman–Crippen LogP) is 4.13. The average molecular weight is 442 g/mol. The number of ether oxygens (including phenoxy) is 1. The number of aryl methyl sites for hydroxylation is 2. The highest BCUT2D eigenvalue weighted by atomic mass is 35.5. The van der Waals surface area contributed by atoms with Crippen molar-refractivity contribution in [3.63, 3.8) is 0 Å². The molecule has 0 saturated carbocycles. The van der Waals surface area contributed by atoms with Gasteiger partial charge in [-0.25, -0.2) is 5.01 Å². The normalized spacial score (nSPS) is 15.7. The predicted molar refractivity (Wildman–Crippen MR) is 122 cm³/mol. The number of amides is 2. The molecule has 2 amide bonds. The summed E-state index contributed by atoms with van der Waals surface area (Å²) in [6.45, 7) is 6.21. The number of hydrogen-bond donors (Lipinski definition) is 0. The van der Waals surface area contributed by atoms with Crippen molar-refractivity contribution in [3.05, 3.63) is 69.7 Å². The Hall–Kier alpha value is -2.70. The summed E-state index contributed by atoms with van der Waals surface area (Å²) in [6.07, 6.45) is 0.552. The second-order valence-corrected chi connectivity index (χ2v) is 8.17. The lowest BCUT2D eigenvalue weighted by atomic mass is 9.96. The molecule has 164 valence electrons. The second-order valence-electron chi connectivity index (χ2n) is 7.76. The van der Waals surface area contributed by atoms with Gasteiger partial charge in [-0.05, 0) is 48.2 Å². The van der Waals surface area contributed by atoms with Crippen LogP contribution in [0.2, 0.25) is 5.02 Å². The first-order chi connectivity index (χ1) is 14.8. The molecule has 1 aliphatic rings. The molecule has 0 spiro atoms. The van der Waals surface area contributed by atoms with Crippen LogP contribution in [0.15, 0.2) is 47.6 Å². The number of halogens is 1. The number of methoxy groups -OCH3 is 1. The summed E-state index contributed by atoms with van der Waals surface area (Å²) in [7, 11) is 1.56. The molecule has 2 aromatic rings. The molecule has 6 nitrogen and oxygen atoms in total. The fraction of sp³-hybridized carbons (Fsp3) is 0.375. The maximum absolute atomic E-state index is 13.3. The molecule has 1 heterocycles. The molecular formula is C24H28ClN3O3. The summed E-state index contributed by atoms with van der Waals surface area (Å²) in [6, 6.07) is 13.3. The van der Waals surface area contributed by atoms with Crippen LogP contribution in [0.3, 0.4) is 0 Å². The van der Waals surface area contributed by atoms with E-state index >= 15 is 0 Å². The van der Waals surface area contributed by atoms with Crippen molar-refractivity contribution in [2.24, 2.45) is 5.10 Å². The minimum absolute atomic E-state index is 0.0661. The average Bonchev–Trinajstić information content (AvgIpc) is 3.18. The van der Waals surface area contributed by atoms with Crippen molar-refractivity contribution in [2.45, 2.75) is 33.2 Å². The lowest BCUT2D eigenvalue weighted by Crippen LogP contribution is -2.41. The Balaban J connectivity index is 1.93. The van der Waals surface area contributed by atoms with E-state index in [4.69, 9.17) is 21.4 Å². The van der Waals surface area contributed by atoms with Crippen LogP contribution in [0.5, 0.6) is 0 Å². The van der Waals surface area contributed by atoms with E-state index in [0.717, 1.165) is 16.8 Å². The zero-order chi connectivity index (χ0) is 22.5. The summed E-state index contributed by atoms with van der Waals surface area (Å²) in [5.41, 5.74) is 5.02. The molecule has 0 N–H and O–H groups in total. The Morgan fingerprint density at radius 2 is 1.94 bits per heavy atom. The van der Waals surface area contributed by atoms with Gasteiger partial charge in [0.05, 0.1) is 18.4 Å². The lowest BCUT2D eigenvalue weighted by molar-refractivity contribution is -0.141. The minimum Gasteiger partial charge on any atom is -0.383 e. The van der Waals surface area contributed by atoms with Gasteiger partial charge in [0.1, 0.15) is 6.54 Å². The van der Waals surface area contributed by atoms with Crippen molar-refractivity contribution >= 4 is 29.1 Å². The molecular weight excluding hydrogens is 414 g/mol. The third-order valence-electron chi connectivity index (χ3n) is 5.61. The number of hydrogen-bond acceptors (Lipinski definition) is 4. The highest BCUT2D eigenvalue weighted by Crippen LogP contribution is 2.36. The Labute approximate surface area is 188 Å². The maximum atomic E-state index is 13.3. The molecule has 0 fully saturated rings. The number of hydrazone groups is 1. The van der Waals surface area contributed by atoms with Gasteiger partial charge in [0.2, 0.25) is 5.91 Å². The summed E-state index contributed by atoms with van der Waals surface area (Å²) in [4.78, 5) is 26.7. The monoisotopic (exact) mass is 441 g/mol. The maximum Gasteiger partial charge on any atom is 0.262 e. The Morgan fingerprint density at radius 1 is 1.19 bits per heavy atom. The van der Waals surface area contributed by atoms with E-state index in [9.17, 15) is 9.59 Å². The van der Waals surface area contributed by atoms with Crippen LogP contribution in [0.4, 0.5) is 0 Å². The third-order valence-corrected chi connectivity index (χ3v) is 5.95. The highest BCUT2D eigenvalue weighted by Gasteiger charge is 2.35. The molecule has 1 unspecified atom stereocenters.